The average Bonchev–Trinajstić information content (AvgIpc) is 2.76. The van der Waals surface area contributed by atoms with Crippen LogP contribution < -0.4 is 21.5 Å². The van der Waals surface area contributed by atoms with E-state index in [1.165, 1.54) is 11.9 Å². The van der Waals surface area contributed by atoms with Gasteiger partial charge in [0.25, 0.3) is 10.9 Å². The molecule has 3 N–H and O–H groups in total. The van der Waals surface area contributed by atoms with Crippen molar-refractivity contribution >= 4 is 40.6 Å². The molecule has 0 aliphatic rings. The normalized spacial score (nSPS) is 11.7. The van der Waals surface area contributed by atoms with Crippen LogP contribution in [0, 0.1) is 0 Å². The minimum atomic E-state index is -0.626. The van der Waals surface area contributed by atoms with Crippen LogP contribution in [0.2, 0.25) is 5.02 Å². The second-order valence-corrected chi connectivity index (χ2v) is 8.21. The molecule has 0 amide bonds. The lowest BCUT2D eigenvalue weighted by molar-refractivity contribution is 0.464. The van der Waals surface area contributed by atoms with Gasteiger partial charge in [0.1, 0.15) is 11.4 Å². The fourth-order valence-corrected chi connectivity index (χ4v) is 3.71. The van der Waals surface area contributed by atoms with E-state index in [4.69, 9.17) is 11.6 Å². The monoisotopic (exact) mass is 447 g/mol. The van der Waals surface area contributed by atoms with Gasteiger partial charge in [0, 0.05) is 6.04 Å². The zero-order valence-corrected chi connectivity index (χ0v) is 19.2. The van der Waals surface area contributed by atoms with Crippen LogP contribution >= 0.6 is 23.5 Å². The van der Waals surface area contributed by atoms with E-state index in [0.29, 0.717) is 15.6 Å². The molecule has 3 aromatic carbocycles. The van der Waals surface area contributed by atoms with Crippen LogP contribution in [0.5, 0.6) is 5.75 Å². The molecule has 0 fully saturated rings. The molecule has 8 heteroatoms. The molecular weight excluding hydrogens is 422 g/mol. The van der Waals surface area contributed by atoms with Gasteiger partial charge in [-0.05, 0) is 50.7 Å². The molecule has 0 spiro atoms. The van der Waals surface area contributed by atoms with E-state index in [-0.39, 0.29) is 23.2 Å². The molecule has 0 radical (unpaired) electrons. The molecule has 0 saturated carbocycles. The Balaban J connectivity index is 0.00000155. The molecule has 0 aliphatic heterocycles. The van der Waals surface area contributed by atoms with Crippen molar-refractivity contribution in [1.29, 1.82) is 0 Å². The maximum absolute atomic E-state index is 12.1. The summed E-state index contributed by atoms with van der Waals surface area (Å²) in [7, 11) is 3.65. The second-order valence-electron chi connectivity index (χ2n) is 6.49. The van der Waals surface area contributed by atoms with Crippen LogP contribution in [0.4, 0.5) is 17.1 Å². The molecule has 0 aliphatic carbocycles. The average molecular weight is 448 g/mol. The maximum atomic E-state index is 12.1. The number of halogens is 1. The van der Waals surface area contributed by atoms with E-state index < -0.39 is 10.9 Å². The van der Waals surface area contributed by atoms with E-state index in [1.54, 1.807) is 16.4 Å². The van der Waals surface area contributed by atoms with Gasteiger partial charge < -0.3 is 15.7 Å². The maximum Gasteiger partial charge on any atom is 0.253 e. The van der Waals surface area contributed by atoms with Crippen LogP contribution in [0.1, 0.15) is 32.4 Å². The van der Waals surface area contributed by atoms with E-state index >= 15 is 0 Å². The fourth-order valence-electron chi connectivity index (χ4n) is 2.74. The zero-order valence-electron chi connectivity index (χ0n) is 17.6. The molecule has 0 bridgehead atoms. The highest BCUT2D eigenvalue weighted by Crippen LogP contribution is 2.42. The Hall–Kier alpha value is -2.48. The molecular formula is C22H26ClN3O3S. The summed E-state index contributed by atoms with van der Waals surface area (Å²) < 4.78 is 1.79. The molecule has 0 aromatic heterocycles. The lowest BCUT2D eigenvalue weighted by atomic mass is 10.1. The number of hydrogen-bond acceptors (Lipinski definition) is 7. The van der Waals surface area contributed by atoms with Crippen molar-refractivity contribution in [2.45, 2.75) is 31.7 Å². The quantitative estimate of drug-likeness (QED) is 0.262. The summed E-state index contributed by atoms with van der Waals surface area (Å²) in [6.45, 7) is 5.90. The van der Waals surface area contributed by atoms with Gasteiger partial charge in [-0.15, -0.1) is 0 Å². The minimum absolute atomic E-state index is 0.0821. The van der Waals surface area contributed by atoms with E-state index in [1.807, 2.05) is 65.2 Å². The van der Waals surface area contributed by atoms with Crippen molar-refractivity contribution in [3.05, 3.63) is 73.5 Å². The van der Waals surface area contributed by atoms with Crippen molar-refractivity contribution < 1.29 is 5.11 Å². The van der Waals surface area contributed by atoms with Gasteiger partial charge in [0.2, 0.25) is 0 Å². The molecule has 0 saturated heterocycles. The summed E-state index contributed by atoms with van der Waals surface area (Å²) in [5, 5.41) is 16.9. The Bertz CT molecular complexity index is 1060. The molecule has 1 atom stereocenters. The Morgan fingerprint density at radius 2 is 1.60 bits per heavy atom. The van der Waals surface area contributed by atoms with E-state index in [2.05, 4.69) is 10.6 Å². The van der Waals surface area contributed by atoms with Gasteiger partial charge in [-0.2, -0.15) is 0 Å². The first kappa shape index (κ1) is 23.8. The molecule has 0 heterocycles. The van der Waals surface area contributed by atoms with E-state index in [9.17, 15) is 14.7 Å². The number of rotatable bonds is 7. The molecule has 3 aromatic rings. The number of hydrogen-bond donors (Lipinski definition) is 3. The number of benzene rings is 2. The standard InChI is InChI=1S/C20H20ClN3O3S.C2H6/c1-11(12-7-5-4-6-8-12)22-15-16(19(27)18(15)26)23-14-10-9-13(21)20(17(14)25)28-24(2)3;1-2/h4-11,22-23,25H,1-3H3;1-2H3. The van der Waals surface area contributed by atoms with Gasteiger partial charge >= 0.3 is 0 Å². The fraction of sp³-hybridized carbons (Fsp3) is 0.273. The van der Waals surface area contributed by atoms with Crippen molar-refractivity contribution in [3.63, 3.8) is 0 Å². The van der Waals surface area contributed by atoms with Gasteiger partial charge in [-0.3, -0.25) is 13.9 Å². The van der Waals surface area contributed by atoms with Gasteiger partial charge in [-0.25, -0.2) is 0 Å². The van der Waals surface area contributed by atoms with Gasteiger partial charge in [-0.1, -0.05) is 55.8 Å². The number of nitrogens with one attached hydrogen (secondary N) is 2. The molecule has 30 heavy (non-hydrogen) atoms. The summed E-state index contributed by atoms with van der Waals surface area (Å²) in [4.78, 5) is 24.6. The largest absolute Gasteiger partial charge is 0.505 e. The molecule has 6 nitrogen and oxygen atoms in total. The number of nitrogens with zero attached hydrogens (tertiary/aromatic N) is 1. The van der Waals surface area contributed by atoms with Gasteiger partial charge in [0.15, 0.2) is 5.75 Å². The predicted molar refractivity (Wildman–Crippen MR) is 127 cm³/mol. The third-order valence-corrected chi connectivity index (χ3v) is 5.58. The summed E-state index contributed by atoms with van der Waals surface area (Å²) in [6.07, 6.45) is 0. The SMILES string of the molecule is CC.CC(Nc1c(Nc2ccc(Cl)c(SN(C)C)c2O)c(=O)c1=O)c1ccccc1. The minimum Gasteiger partial charge on any atom is -0.505 e. The van der Waals surface area contributed by atoms with Crippen LogP contribution in [-0.4, -0.2) is 23.5 Å². The molecule has 3 rings (SSSR count). The first-order valence-electron chi connectivity index (χ1n) is 9.58. The van der Waals surface area contributed by atoms with Crippen LogP contribution in [0.25, 0.3) is 0 Å². The third kappa shape index (κ3) is 5.16. The predicted octanol–water partition coefficient (Wildman–Crippen LogP) is 5.15. The molecule has 1 unspecified atom stereocenters. The summed E-state index contributed by atoms with van der Waals surface area (Å²) in [5.74, 6) is -0.0821. The van der Waals surface area contributed by atoms with Crippen LogP contribution in [-0.2, 0) is 0 Å². The Labute approximate surface area is 185 Å². The number of anilines is 3. The summed E-state index contributed by atoms with van der Waals surface area (Å²) >= 11 is 7.42. The van der Waals surface area contributed by atoms with Crippen molar-refractivity contribution in [2.24, 2.45) is 0 Å². The first-order chi connectivity index (χ1) is 14.3. The van der Waals surface area contributed by atoms with Crippen molar-refractivity contribution in [1.82, 2.24) is 4.31 Å². The van der Waals surface area contributed by atoms with Gasteiger partial charge in [0.05, 0.1) is 15.6 Å². The van der Waals surface area contributed by atoms with Crippen molar-refractivity contribution in [2.75, 3.05) is 24.7 Å². The lowest BCUT2D eigenvalue weighted by Crippen LogP contribution is -2.37. The third-order valence-electron chi connectivity index (χ3n) is 4.19. The number of aromatic hydroxyl groups is 1. The number of phenols is 1. The Morgan fingerprint density at radius 1 is 1.00 bits per heavy atom. The highest BCUT2D eigenvalue weighted by molar-refractivity contribution is 7.97. The Kier molecular flexibility index (Phi) is 8.34. The summed E-state index contributed by atoms with van der Waals surface area (Å²) in [5.41, 5.74) is 0.418. The highest BCUT2D eigenvalue weighted by atomic mass is 35.5. The van der Waals surface area contributed by atoms with Crippen molar-refractivity contribution in [3.8, 4) is 5.75 Å². The zero-order chi connectivity index (χ0) is 22.4. The topological polar surface area (TPSA) is 81.7 Å². The number of phenolic OH excluding ortho intramolecular Hbond substituents is 1. The highest BCUT2D eigenvalue weighted by Gasteiger charge is 2.24. The molecule has 160 valence electrons. The van der Waals surface area contributed by atoms with Crippen LogP contribution in [0.3, 0.4) is 0 Å². The smallest absolute Gasteiger partial charge is 0.253 e. The van der Waals surface area contributed by atoms with E-state index in [0.717, 1.165) is 5.56 Å². The first-order valence-corrected chi connectivity index (χ1v) is 10.7. The summed E-state index contributed by atoms with van der Waals surface area (Å²) in [6, 6.07) is 12.6. The lowest BCUT2D eigenvalue weighted by Gasteiger charge is -2.21. The second kappa shape index (κ2) is 10.5. The van der Waals surface area contributed by atoms with Crippen LogP contribution in [0.15, 0.2) is 56.9 Å². The Morgan fingerprint density at radius 3 is 2.20 bits per heavy atom.